The summed E-state index contributed by atoms with van der Waals surface area (Å²) in [5.74, 6) is -0.868. The molecule has 0 heterocycles. The molecule has 4 nitrogen and oxygen atoms in total. The van der Waals surface area contributed by atoms with E-state index in [0.717, 1.165) is 6.42 Å². The molecule has 0 spiro atoms. The molecule has 0 aromatic heterocycles. The molecule has 0 aliphatic rings. The smallest absolute Gasteiger partial charge is 0.320 e. The molecule has 5 heteroatoms. The number of benzene rings is 1. The molecule has 1 rings (SSSR count). The van der Waals surface area contributed by atoms with Crippen LogP contribution in [0.5, 0.6) is 5.75 Å². The number of hydrogen-bond donors (Lipinski definition) is 2. The van der Waals surface area contributed by atoms with Crippen LogP contribution in [0.15, 0.2) is 18.2 Å². The van der Waals surface area contributed by atoms with Crippen LogP contribution in [0.1, 0.15) is 25.3 Å². The summed E-state index contributed by atoms with van der Waals surface area (Å²) in [6.07, 6.45) is 1.28. The molecule has 0 amide bonds. The number of halogens is 1. The molecule has 0 aliphatic carbocycles. The lowest BCUT2D eigenvalue weighted by molar-refractivity contribution is -0.139. The lowest BCUT2D eigenvalue weighted by atomic mass is 10.1. The average Bonchev–Trinajstić information content (AvgIpc) is 2.35. The Morgan fingerprint density at radius 3 is 2.78 bits per heavy atom. The van der Waals surface area contributed by atoms with E-state index in [1.54, 1.807) is 12.1 Å². The molecule has 0 radical (unpaired) electrons. The number of carboxylic acid groups (broad SMARTS) is 1. The Bertz CT molecular complexity index is 409. The van der Waals surface area contributed by atoms with E-state index in [0.29, 0.717) is 17.7 Å². The maximum Gasteiger partial charge on any atom is 0.320 e. The van der Waals surface area contributed by atoms with Gasteiger partial charge in [-0.25, -0.2) is 4.39 Å². The van der Waals surface area contributed by atoms with Crippen molar-refractivity contribution in [1.82, 2.24) is 5.32 Å². The highest BCUT2D eigenvalue weighted by atomic mass is 19.1. The van der Waals surface area contributed by atoms with Crippen molar-refractivity contribution < 1.29 is 19.0 Å². The monoisotopic (exact) mass is 255 g/mol. The summed E-state index contributed by atoms with van der Waals surface area (Å²) in [4.78, 5) is 10.9. The summed E-state index contributed by atoms with van der Waals surface area (Å²) in [6, 6.07) is 3.88. The molecular formula is C13H18FNO3. The Balaban J connectivity index is 2.64. The molecule has 1 aromatic rings. The van der Waals surface area contributed by atoms with Crippen LogP contribution in [0.2, 0.25) is 0 Å². The van der Waals surface area contributed by atoms with E-state index < -0.39 is 17.8 Å². The second-order valence-electron chi connectivity index (χ2n) is 4.02. The zero-order valence-electron chi connectivity index (χ0n) is 10.6. The van der Waals surface area contributed by atoms with Crippen LogP contribution in [0.25, 0.3) is 0 Å². The Labute approximate surface area is 106 Å². The Morgan fingerprint density at radius 2 is 2.28 bits per heavy atom. The van der Waals surface area contributed by atoms with Crippen LogP contribution >= 0.6 is 0 Å². The first kappa shape index (κ1) is 14.4. The Hall–Kier alpha value is -1.62. The fourth-order valence-corrected chi connectivity index (χ4v) is 1.63. The molecule has 1 atom stereocenters. The lowest BCUT2D eigenvalue weighted by Crippen LogP contribution is -2.36. The summed E-state index contributed by atoms with van der Waals surface area (Å²) in [5.41, 5.74) is 0.429. The van der Waals surface area contributed by atoms with Crippen LogP contribution in [0.4, 0.5) is 4.39 Å². The highest BCUT2D eigenvalue weighted by molar-refractivity contribution is 5.73. The average molecular weight is 255 g/mol. The highest BCUT2D eigenvalue weighted by Gasteiger charge is 2.16. The van der Waals surface area contributed by atoms with Gasteiger partial charge in [-0.15, -0.1) is 0 Å². The summed E-state index contributed by atoms with van der Waals surface area (Å²) in [7, 11) is 1.47. The van der Waals surface area contributed by atoms with Crippen molar-refractivity contribution in [3.63, 3.8) is 0 Å². The van der Waals surface area contributed by atoms with Gasteiger partial charge in [-0.1, -0.05) is 19.4 Å². The van der Waals surface area contributed by atoms with Crippen LogP contribution < -0.4 is 10.1 Å². The standard InChI is InChI=1S/C13H18FNO3/c1-3-4-12(13(16)17)15-8-9-5-6-10(18-2)7-11(9)14/h5-7,12,15H,3-4,8H2,1-2H3,(H,16,17). The molecule has 100 valence electrons. The van der Waals surface area contributed by atoms with Crippen LogP contribution in [0.3, 0.4) is 0 Å². The zero-order chi connectivity index (χ0) is 13.5. The molecule has 0 bridgehead atoms. The van der Waals surface area contributed by atoms with Gasteiger partial charge >= 0.3 is 5.97 Å². The van der Waals surface area contributed by atoms with Gasteiger partial charge in [0, 0.05) is 18.2 Å². The van der Waals surface area contributed by atoms with Crippen molar-refractivity contribution >= 4 is 5.97 Å². The third-order valence-electron chi connectivity index (χ3n) is 2.67. The SMILES string of the molecule is CCCC(NCc1ccc(OC)cc1F)C(=O)O. The van der Waals surface area contributed by atoms with E-state index in [9.17, 15) is 9.18 Å². The maximum atomic E-state index is 13.6. The summed E-state index contributed by atoms with van der Waals surface area (Å²) in [5, 5.41) is 11.8. The van der Waals surface area contributed by atoms with Crippen LogP contribution in [-0.2, 0) is 11.3 Å². The lowest BCUT2D eigenvalue weighted by Gasteiger charge is -2.14. The van der Waals surface area contributed by atoms with Gasteiger partial charge in [0.2, 0.25) is 0 Å². The first-order valence-electron chi connectivity index (χ1n) is 5.87. The molecule has 18 heavy (non-hydrogen) atoms. The molecule has 0 aliphatic heterocycles. The van der Waals surface area contributed by atoms with Gasteiger partial charge in [-0.05, 0) is 12.5 Å². The van der Waals surface area contributed by atoms with Gasteiger partial charge in [-0.2, -0.15) is 0 Å². The number of ether oxygens (including phenoxy) is 1. The fourth-order valence-electron chi connectivity index (χ4n) is 1.63. The number of carboxylic acids is 1. The zero-order valence-corrected chi connectivity index (χ0v) is 10.6. The third-order valence-corrected chi connectivity index (χ3v) is 2.67. The molecule has 1 aromatic carbocycles. The molecule has 1 unspecified atom stereocenters. The summed E-state index contributed by atoms with van der Waals surface area (Å²) >= 11 is 0. The Morgan fingerprint density at radius 1 is 1.56 bits per heavy atom. The first-order chi connectivity index (χ1) is 8.58. The number of aliphatic carboxylic acids is 1. The van der Waals surface area contributed by atoms with E-state index >= 15 is 0 Å². The quantitative estimate of drug-likeness (QED) is 0.784. The topological polar surface area (TPSA) is 58.6 Å². The largest absolute Gasteiger partial charge is 0.497 e. The van der Waals surface area contributed by atoms with Gasteiger partial charge in [0.25, 0.3) is 0 Å². The Kier molecular flexibility index (Phi) is 5.58. The van der Waals surface area contributed by atoms with E-state index in [4.69, 9.17) is 9.84 Å². The molecule has 0 saturated carbocycles. The second-order valence-corrected chi connectivity index (χ2v) is 4.02. The van der Waals surface area contributed by atoms with Gasteiger partial charge in [-0.3, -0.25) is 4.79 Å². The number of hydrogen-bond acceptors (Lipinski definition) is 3. The van der Waals surface area contributed by atoms with E-state index in [2.05, 4.69) is 5.32 Å². The van der Waals surface area contributed by atoms with Gasteiger partial charge in [0.15, 0.2) is 0 Å². The summed E-state index contributed by atoms with van der Waals surface area (Å²) in [6.45, 7) is 2.10. The van der Waals surface area contributed by atoms with Crippen LogP contribution in [-0.4, -0.2) is 24.2 Å². The van der Waals surface area contributed by atoms with Crippen molar-refractivity contribution in [3.05, 3.63) is 29.6 Å². The first-order valence-corrected chi connectivity index (χ1v) is 5.87. The highest BCUT2D eigenvalue weighted by Crippen LogP contribution is 2.16. The minimum absolute atomic E-state index is 0.187. The maximum absolute atomic E-state index is 13.6. The summed E-state index contributed by atoms with van der Waals surface area (Å²) < 4.78 is 18.5. The minimum atomic E-state index is -0.911. The van der Waals surface area contributed by atoms with Crippen molar-refractivity contribution in [2.24, 2.45) is 0 Å². The minimum Gasteiger partial charge on any atom is -0.497 e. The van der Waals surface area contributed by atoms with E-state index in [1.165, 1.54) is 13.2 Å². The molecule has 2 N–H and O–H groups in total. The van der Waals surface area contributed by atoms with E-state index in [1.807, 2.05) is 6.92 Å². The number of nitrogens with one attached hydrogen (secondary N) is 1. The van der Waals surface area contributed by atoms with Crippen molar-refractivity contribution in [1.29, 1.82) is 0 Å². The van der Waals surface area contributed by atoms with Gasteiger partial charge < -0.3 is 15.2 Å². The normalized spacial score (nSPS) is 12.2. The predicted molar refractivity (Wildman–Crippen MR) is 66.1 cm³/mol. The van der Waals surface area contributed by atoms with Crippen molar-refractivity contribution in [2.45, 2.75) is 32.4 Å². The number of carbonyl (C=O) groups is 1. The molecule has 0 fully saturated rings. The number of methoxy groups -OCH3 is 1. The molecule has 0 saturated heterocycles. The van der Waals surface area contributed by atoms with E-state index in [-0.39, 0.29) is 6.54 Å². The van der Waals surface area contributed by atoms with Crippen LogP contribution in [0, 0.1) is 5.82 Å². The van der Waals surface area contributed by atoms with Crippen molar-refractivity contribution in [3.8, 4) is 5.75 Å². The second kappa shape index (κ2) is 6.96. The van der Waals surface area contributed by atoms with Crippen molar-refractivity contribution in [2.75, 3.05) is 7.11 Å². The van der Waals surface area contributed by atoms with Gasteiger partial charge in [0.1, 0.15) is 17.6 Å². The van der Waals surface area contributed by atoms with Gasteiger partial charge in [0.05, 0.1) is 7.11 Å². The fraction of sp³-hybridized carbons (Fsp3) is 0.462. The number of rotatable bonds is 7. The molecular weight excluding hydrogens is 237 g/mol. The third kappa shape index (κ3) is 4.00. The predicted octanol–water partition coefficient (Wildman–Crippen LogP) is 2.18.